The maximum absolute atomic E-state index is 4.35. The summed E-state index contributed by atoms with van der Waals surface area (Å²) in [5.41, 5.74) is 2.45. The SMILES string of the molecule is CN(CC=Cc1ccccc1)Cc1nnc(SCc2ccncc2)n1C. The van der Waals surface area contributed by atoms with Crippen molar-refractivity contribution in [2.45, 2.75) is 17.5 Å². The number of aromatic nitrogens is 4. The highest BCUT2D eigenvalue weighted by Gasteiger charge is 2.11. The van der Waals surface area contributed by atoms with Crippen LogP contribution < -0.4 is 0 Å². The number of thioether (sulfide) groups is 1. The van der Waals surface area contributed by atoms with Crippen LogP contribution in [0.4, 0.5) is 0 Å². The Hall–Kier alpha value is -2.44. The van der Waals surface area contributed by atoms with Crippen molar-refractivity contribution < 1.29 is 0 Å². The van der Waals surface area contributed by atoms with E-state index in [4.69, 9.17) is 0 Å². The summed E-state index contributed by atoms with van der Waals surface area (Å²) in [6, 6.07) is 14.4. The minimum absolute atomic E-state index is 0.762. The zero-order valence-electron chi connectivity index (χ0n) is 15.1. The molecule has 1 aromatic carbocycles. The Labute approximate surface area is 158 Å². The van der Waals surface area contributed by atoms with Crippen LogP contribution in [0.5, 0.6) is 0 Å². The number of hydrogen-bond acceptors (Lipinski definition) is 5. The second-order valence-corrected chi connectivity index (χ2v) is 7.05. The summed E-state index contributed by atoms with van der Waals surface area (Å²) in [7, 11) is 4.12. The monoisotopic (exact) mass is 365 g/mol. The van der Waals surface area contributed by atoms with Crippen LogP contribution >= 0.6 is 11.8 Å². The summed E-state index contributed by atoms with van der Waals surface area (Å²) in [4.78, 5) is 6.27. The lowest BCUT2D eigenvalue weighted by Crippen LogP contribution is -2.20. The molecule has 0 saturated carbocycles. The molecule has 0 unspecified atom stereocenters. The van der Waals surface area contributed by atoms with E-state index >= 15 is 0 Å². The maximum Gasteiger partial charge on any atom is 0.191 e. The van der Waals surface area contributed by atoms with E-state index in [0.29, 0.717) is 0 Å². The van der Waals surface area contributed by atoms with Crippen molar-refractivity contribution in [3.63, 3.8) is 0 Å². The van der Waals surface area contributed by atoms with Crippen LogP contribution in [0, 0.1) is 0 Å². The quantitative estimate of drug-likeness (QED) is 0.570. The van der Waals surface area contributed by atoms with Crippen molar-refractivity contribution in [3.05, 3.63) is 77.9 Å². The first-order valence-electron chi connectivity index (χ1n) is 8.52. The molecular weight excluding hydrogens is 342 g/mol. The lowest BCUT2D eigenvalue weighted by molar-refractivity contribution is 0.347. The van der Waals surface area contributed by atoms with Gasteiger partial charge in [-0.05, 0) is 30.3 Å². The van der Waals surface area contributed by atoms with Crippen molar-refractivity contribution in [2.75, 3.05) is 13.6 Å². The first-order valence-corrected chi connectivity index (χ1v) is 9.51. The third-order valence-corrected chi connectivity index (χ3v) is 5.07. The number of pyridine rings is 1. The molecule has 0 saturated heterocycles. The van der Waals surface area contributed by atoms with E-state index in [-0.39, 0.29) is 0 Å². The van der Waals surface area contributed by atoms with Crippen molar-refractivity contribution >= 4 is 17.8 Å². The van der Waals surface area contributed by atoms with Crippen LogP contribution in [0.25, 0.3) is 6.08 Å². The highest BCUT2D eigenvalue weighted by Crippen LogP contribution is 2.21. The van der Waals surface area contributed by atoms with Gasteiger partial charge in [0.1, 0.15) is 5.82 Å². The molecule has 6 heteroatoms. The zero-order valence-corrected chi connectivity index (χ0v) is 15.9. The number of likely N-dealkylation sites (N-methyl/N-ethyl adjacent to an activating group) is 1. The molecule has 5 nitrogen and oxygen atoms in total. The molecule has 0 radical (unpaired) electrons. The first-order chi connectivity index (χ1) is 12.7. The van der Waals surface area contributed by atoms with Crippen LogP contribution in [-0.2, 0) is 19.3 Å². The fraction of sp³-hybridized carbons (Fsp3) is 0.250. The maximum atomic E-state index is 4.35. The molecule has 0 aliphatic rings. The Balaban J connectivity index is 1.51. The van der Waals surface area contributed by atoms with Gasteiger partial charge in [-0.3, -0.25) is 9.88 Å². The van der Waals surface area contributed by atoms with Crippen LogP contribution in [0.3, 0.4) is 0 Å². The van der Waals surface area contributed by atoms with Gasteiger partial charge in [-0.15, -0.1) is 10.2 Å². The van der Waals surface area contributed by atoms with Gasteiger partial charge in [0, 0.05) is 31.7 Å². The smallest absolute Gasteiger partial charge is 0.191 e. The zero-order chi connectivity index (χ0) is 18.2. The minimum Gasteiger partial charge on any atom is -0.308 e. The average Bonchev–Trinajstić information content (AvgIpc) is 3.01. The molecule has 0 spiro atoms. The van der Waals surface area contributed by atoms with Gasteiger partial charge >= 0.3 is 0 Å². The summed E-state index contributed by atoms with van der Waals surface area (Å²) in [6.07, 6.45) is 7.94. The number of rotatable bonds is 8. The molecule has 0 aliphatic carbocycles. The summed E-state index contributed by atoms with van der Waals surface area (Å²) in [5.74, 6) is 1.84. The van der Waals surface area contributed by atoms with E-state index in [9.17, 15) is 0 Å². The fourth-order valence-corrected chi connectivity index (χ4v) is 3.36. The fourth-order valence-electron chi connectivity index (χ4n) is 2.47. The molecule has 0 aliphatic heterocycles. The molecule has 2 heterocycles. The molecular formula is C20H23N5S. The van der Waals surface area contributed by atoms with Crippen LogP contribution in [0.15, 0.2) is 66.1 Å². The predicted octanol–water partition coefficient (Wildman–Crippen LogP) is 3.65. The van der Waals surface area contributed by atoms with Crippen LogP contribution in [-0.4, -0.2) is 38.2 Å². The number of hydrogen-bond donors (Lipinski definition) is 0. The standard InChI is InChI=1S/C20H23N5S/c1-24(14-6-9-17-7-4-3-5-8-17)15-19-22-23-20(25(19)2)26-16-18-10-12-21-13-11-18/h3-13H,14-16H2,1-2H3. The third kappa shape index (κ3) is 5.28. The van der Waals surface area contributed by atoms with E-state index < -0.39 is 0 Å². The molecule has 26 heavy (non-hydrogen) atoms. The van der Waals surface area contributed by atoms with Gasteiger partial charge in [0.05, 0.1) is 6.54 Å². The van der Waals surface area contributed by atoms with Crippen molar-refractivity contribution in [1.29, 1.82) is 0 Å². The highest BCUT2D eigenvalue weighted by molar-refractivity contribution is 7.98. The van der Waals surface area contributed by atoms with E-state index in [1.807, 2.05) is 49.8 Å². The first kappa shape index (κ1) is 18.4. The van der Waals surface area contributed by atoms with Gasteiger partial charge in [0.2, 0.25) is 0 Å². The molecule has 2 aromatic heterocycles. The van der Waals surface area contributed by atoms with E-state index in [1.165, 1.54) is 11.1 Å². The molecule has 3 aromatic rings. The van der Waals surface area contributed by atoms with E-state index in [2.05, 4.69) is 56.0 Å². The summed E-state index contributed by atoms with van der Waals surface area (Å²) in [5, 5.41) is 9.61. The average molecular weight is 366 g/mol. The van der Waals surface area contributed by atoms with E-state index in [0.717, 1.165) is 29.8 Å². The number of benzene rings is 1. The van der Waals surface area contributed by atoms with Crippen molar-refractivity contribution in [1.82, 2.24) is 24.6 Å². The van der Waals surface area contributed by atoms with Gasteiger partial charge in [-0.25, -0.2) is 0 Å². The highest BCUT2D eigenvalue weighted by atomic mass is 32.2. The molecule has 0 N–H and O–H groups in total. The van der Waals surface area contributed by atoms with Gasteiger partial charge in [-0.2, -0.15) is 0 Å². The normalized spacial score (nSPS) is 11.5. The molecule has 134 valence electrons. The predicted molar refractivity (Wildman–Crippen MR) is 107 cm³/mol. The minimum atomic E-state index is 0.762. The molecule has 0 fully saturated rings. The Kier molecular flexibility index (Phi) is 6.57. The van der Waals surface area contributed by atoms with Crippen molar-refractivity contribution in [2.24, 2.45) is 7.05 Å². The third-order valence-electron chi connectivity index (χ3n) is 3.98. The molecule has 0 bridgehead atoms. The summed E-state index contributed by atoms with van der Waals surface area (Å²) < 4.78 is 2.07. The molecule has 3 rings (SSSR count). The second-order valence-electron chi connectivity index (χ2n) is 6.11. The van der Waals surface area contributed by atoms with Crippen LogP contribution in [0.2, 0.25) is 0 Å². The lowest BCUT2D eigenvalue weighted by Gasteiger charge is -2.13. The van der Waals surface area contributed by atoms with Gasteiger partial charge in [-0.1, -0.05) is 54.2 Å². The Morgan fingerprint density at radius 3 is 2.62 bits per heavy atom. The Morgan fingerprint density at radius 2 is 1.85 bits per heavy atom. The van der Waals surface area contributed by atoms with Gasteiger partial charge < -0.3 is 4.57 Å². The Morgan fingerprint density at radius 1 is 1.08 bits per heavy atom. The largest absolute Gasteiger partial charge is 0.308 e. The lowest BCUT2D eigenvalue weighted by atomic mass is 10.2. The second kappa shape index (κ2) is 9.31. The Bertz CT molecular complexity index is 830. The molecule has 0 amide bonds. The number of nitrogens with zero attached hydrogens (tertiary/aromatic N) is 5. The van der Waals surface area contributed by atoms with Gasteiger partial charge in [0.25, 0.3) is 0 Å². The van der Waals surface area contributed by atoms with Crippen LogP contribution in [0.1, 0.15) is 17.0 Å². The topological polar surface area (TPSA) is 46.8 Å². The van der Waals surface area contributed by atoms with Crippen molar-refractivity contribution in [3.8, 4) is 0 Å². The van der Waals surface area contributed by atoms with E-state index in [1.54, 1.807) is 11.8 Å². The summed E-state index contributed by atoms with van der Waals surface area (Å²) >= 11 is 1.69. The summed E-state index contributed by atoms with van der Waals surface area (Å²) in [6.45, 7) is 1.62. The van der Waals surface area contributed by atoms with Gasteiger partial charge in [0.15, 0.2) is 5.16 Å². The molecule has 0 atom stereocenters.